The average Bonchev–Trinajstić information content (AvgIpc) is 2.60. The molecule has 16 heavy (non-hydrogen) atoms. The third-order valence-corrected chi connectivity index (χ3v) is 2.79. The number of nitrogens with zero attached hydrogens (tertiary/aromatic N) is 3. The quantitative estimate of drug-likeness (QED) is 0.516. The van der Waals surface area contributed by atoms with Crippen LogP contribution < -0.4 is 5.73 Å². The fourth-order valence-electron chi connectivity index (χ4n) is 1.10. The summed E-state index contributed by atoms with van der Waals surface area (Å²) in [5.74, 6) is 1.76. The Hall–Kier alpha value is -1.27. The molecule has 0 amide bonds. The number of aromatic nitrogens is 3. The normalized spacial score (nSPS) is 10.6. The minimum atomic E-state index is 0.339. The summed E-state index contributed by atoms with van der Waals surface area (Å²) in [5.41, 5.74) is 6.39. The molecule has 0 spiro atoms. The predicted octanol–water partition coefficient (Wildman–Crippen LogP) is 2.30. The van der Waals surface area contributed by atoms with Crippen molar-refractivity contribution in [3.05, 3.63) is 28.7 Å². The largest absolute Gasteiger partial charge is 0.384 e. The van der Waals surface area contributed by atoms with Gasteiger partial charge in [-0.1, -0.05) is 28.5 Å². The summed E-state index contributed by atoms with van der Waals surface area (Å²) in [7, 11) is 0. The highest BCUT2D eigenvalue weighted by Gasteiger charge is 2.05. The topological polar surface area (TPSA) is 77.8 Å². The summed E-state index contributed by atoms with van der Waals surface area (Å²) in [6.45, 7) is 1.84. The van der Waals surface area contributed by atoms with E-state index in [1.807, 2.05) is 13.0 Å². The Morgan fingerprint density at radius 1 is 1.44 bits per heavy atom. The second-order valence-corrected chi connectivity index (χ2v) is 4.45. The second-order valence-electron chi connectivity index (χ2n) is 3.12. The minimum Gasteiger partial charge on any atom is -0.384 e. The molecule has 2 rings (SSSR count). The van der Waals surface area contributed by atoms with Crippen LogP contribution in [0, 0.1) is 6.92 Å². The van der Waals surface area contributed by atoms with Crippen LogP contribution in [0.4, 0.5) is 5.82 Å². The maximum Gasteiger partial charge on any atom is 0.191 e. The molecule has 0 aliphatic heterocycles. The van der Waals surface area contributed by atoms with Crippen LogP contribution in [0.5, 0.6) is 0 Å². The van der Waals surface area contributed by atoms with Gasteiger partial charge in [0.25, 0.3) is 0 Å². The van der Waals surface area contributed by atoms with Crippen LogP contribution in [0.25, 0.3) is 0 Å². The molecule has 5 nitrogen and oxygen atoms in total. The monoisotopic (exact) mass is 256 g/mol. The number of halogens is 1. The van der Waals surface area contributed by atoms with Gasteiger partial charge in [-0.05, 0) is 6.92 Å². The molecule has 0 aliphatic carbocycles. The number of rotatable bonds is 3. The van der Waals surface area contributed by atoms with E-state index in [-0.39, 0.29) is 0 Å². The van der Waals surface area contributed by atoms with Crippen LogP contribution >= 0.6 is 23.4 Å². The van der Waals surface area contributed by atoms with Crippen LogP contribution in [-0.2, 0) is 5.75 Å². The highest BCUT2D eigenvalue weighted by atomic mass is 35.5. The molecule has 2 N–H and O–H groups in total. The third kappa shape index (κ3) is 2.86. The lowest BCUT2D eigenvalue weighted by Gasteiger charge is -1.99. The van der Waals surface area contributed by atoms with Gasteiger partial charge in [-0.2, -0.15) is 0 Å². The van der Waals surface area contributed by atoms with Gasteiger partial charge in [0.2, 0.25) is 0 Å². The molecule has 2 aromatic rings. The summed E-state index contributed by atoms with van der Waals surface area (Å²) in [5, 5.41) is 4.73. The molecule has 7 heteroatoms. The molecule has 2 aromatic heterocycles. The SMILES string of the molecule is Cc1cc(CSc2nc(N)cc(Cl)n2)no1. The van der Waals surface area contributed by atoms with Gasteiger partial charge < -0.3 is 10.3 Å². The standard InChI is InChI=1S/C9H9ClN4OS/c1-5-2-6(14-15-5)4-16-9-12-7(10)3-8(11)13-9/h2-3H,4H2,1H3,(H2,11,12,13). The maximum absolute atomic E-state index is 5.76. The lowest BCUT2D eigenvalue weighted by molar-refractivity contribution is 0.393. The fourth-order valence-corrected chi connectivity index (χ4v) is 2.09. The molecule has 0 unspecified atom stereocenters. The van der Waals surface area contributed by atoms with Crippen LogP contribution in [0.2, 0.25) is 5.15 Å². The molecule has 0 fully saturated rings. The average molecular weight is 257 g/mol. The Labute approximate surface area is 101 Å². The lowest BCUT2D eigenvalue weighted by atomic mass is 10.4. The van der Waals surface area contributed by atoms with Crippen LogP contribution in [0.3, 0.4) is 0 Å². The van der Waals surface area contributed by atoms with Crippen molar-refractivity contribution in [1.82, 2.24) is 15.1 Å². The van der Waals surface area contributed by atoms with Gasteiger partial charge in [-0.3, -0.25) is 0 Å². The molecular formula is C9H9ClN4OS. The third-order valence-electron chi connectivity index (χ3n) is 1.72. The highest BCUT2D eigenvalue weighted by Crippen LogP contribution is 2.21. The first-order chi connectivity index (χ1) is 7.63. The summed E-state index contributed by atoms with van der Waals surface area (Å²) >= 11 is 7.16. The van der Waals surface area contributed by atoms with Gasteiger partial charge in [-0.15, -0.1) is 0 Å². The molecular weight excluding hydrogens is 248 g/mol. The zero-order valence-corrected chi connectivity index (χ0v) is 10.0. The minimum absolute atomic E-state index is 0.339. The molecule has 0 atom stereocenters. The van der Waals surface area contributed by atoms with Gasteiger partial charge in [0.05, 0.1) is 5.69 Å². The molecule has 84 valence electrons. The Balaban J connectivity index is 2.04. The number of anilines is 1. The highest BCUT2D eigenvalue weighted by molar-refractivity contribution is 7.98. The van der Waals surface area contributed by atoms with Crippen LogP contribution in [-0.4, -0.2) is 15.1 Å². The van der Waals surface area contributed by atoms with Crippen molar-refractivity contribution in [3.63, 3.8) is 0 Å². The molecule has 0 aliphatic rings. The number of aryl methyl sites for hydroxylation is 1. The summed E-state index contributed by atoms with van der Waals surface area (Å²) < 4.78 is 4.95. The van der Waals surface area contributed by atoms with E-state index in [1.54, 1.807) is 0 Å². The van der Waals surface area contributed by atoms with E-state index in [0.717, 1.165) is 11.5 Å². The van der Waals surface area contributed by atoms with E-state index in [2.05, 4.69) is 15.1 Å². The summed E-state index contributed by atoms with van der Waals surface area (Å²) in [4.78, 5) is 8.08. The van der Waals surface area contributed by atoms with Crippen molar-refractivity contribution in [1.29, 1.82) is 0 Å². The van der Waals surface area contributed by atoms with Crippen molar-refractivity contribution < 1.29 is 4.52 Å². The van der Waals surface area contributed by atoms with E-state index in [9.17, 15) is 0 Å². The molecule has 0 radical (unpaired) electrons. The fraction of sp³-hybridized carbons (Fsp3) is 0.222. The predicted molar refractivity (Wildman–Crippen MR) is 62.3 cm³/mol. The van der Waals surface area contributed by atoms with Gasteiger partial charge in [0, 0.05) is 17.9 Å². The van der Waals surface area contributed by atoms with Crippen molar-refractivity contribution in [2.24, 2.45) is 0 Å². The van der Waals surface area contributed by atoms with E-state index in [4.69, 9.17) is 21.9 Å². The summed E-state index contributed by atoms with van der Waals surface area (Å²) in [6, 6.07) is 3.37. The van der Waals surface area contributed by atoms with Gasteiger partial charge in [0.15, 0.2) is 5.16 Å². The molecule has 0 bridgehead atoms. The zero-order valence-electron chi connectivity index (χ0n) is 8.48. The van der Waals surface area contributed by atoms with E-state index in [1.165, 1.54) is 17.8 Å². The van der Waals surface area contributed by atoms with Gasteiger partial charge >= 0.3 is 0 Å². The van der Waals surface area contributed by atoms with Crippen molar-refractivity contribution in [2.45, 2.75) is 17.8 Å². The molecule has 0 saturated heterocycles. The van der Waals surface area contributed by atoms with Gasteiger partial charge in [-0.25, -0.2) is 9.97 Å². The second kappa shape index (κ2) is 4.71. The van der Waals surface area contributed by atoms with E-state index in [0.29, 0.717) is 21.9 Å². The number of hydrogen-bond acceptors (Lipinski definition) is 6. The van der Waals surface area contributed by atoms with Crippen LogP contribution in [0.15, 0.2) is 21.8 Å². The lowest BCUT2D eigenvalue weighted by Crippen LogP contribution is -1.95. The van der Waals surface area contributed by atoms with Crippen molar-refractivity contribution in [2.75, 3.05) is 5.73 Å². The number of hydrogen-bond donors (Lipinski definition) is 1. The first kappa shape index (κ1) is 11.2. The Kier molecular flexibility index (Phi) is 3.31. The Bertz CT molecular complexity index is 482. The number of thioether (sulfide) groups is 1. The van der Waals surface area contributed by atoms with E-state index < -0.39 is 0 Å². The van der Waals surface area contributed by atoms with Crippen molar-refractivity contribution >= 4 is 29.2 Å². The number of nitrogen functional groups attached to an aromatic ring is 1. The first-order valence-electron chi connectivity index (χ1n) is 4.48. The zero-order chi connectivity index (χ0) is 11.5. The maximum atomic E-state index is 5.76. The summed E-state index contributed by atoms with van der Waals surface area (Å²) in [6.07, 6.45) is 0. The smallest absolute Gasteiger partial charge is 0.191 e. The molecule has 2 heterocycles. The Morgan fingerprint density at radius 3 is 2.88 bits per heavy atom. The number of nitrogens with two attached hydrogens (primary N) is 1. The van der Waals surface area contributed by atoms with E-state index >= 15 is 0 Å². The first-order valence-corrected chi connectivity index (χ1v) is 5.85. The molecule has 0 aromatic carbocycles. The van der Waals surface area contributed by atoms with Crippen molar-refractivity contribution in [3.8, 4) is 0 Å². The molecule has 0 saturated carbocycles. The van der Waals surface area contributed by atoms with Crippen LogP contribution in [0.1, 0.15) is 11.5 Å². The van der Waals surface area contributed by atoms with Gasteiger partial charge in [0.1, 0.15) is 16.7 Å². The Morgan fingerprint density at radius 2 is 2.25 bits per heavy atom.